The lowest BCUT2D eigenvalue weighted by Crippen LogP contribution is -2.43. The molecule has 0 aromatic heterocycles. The Labute approximate surface area is 114 Å². The highest BCUT2D eigenvalue weighted by molar-refractivity contribution is 5.93. The van der Waals surface area contributed by atoms with E-state index in [1.807, 2.05) is 0 Å². The van der Waals surface area contributed by atoms with Gasteiger partial charge in [0.05, 0.1) is 11.8 Å². The summed E-state index contributed by atoms with van der Waals surface area (Å²) in [7, 11) is 0. The molecule has 1 saturated heterocycles. The van der Waals surface area contributed by atoms with E-state index in [9.17, 15) is 19.1 Å². The summed E-state index contributed by atoms with van der Waals surface area (Å²) in [5.41, 5.74) is 0.749. The summed E-state index contributed by atoms with van der Waals surface area (Å²) in [5, 5.41) is 20.8. The first-order chi connectivity index (χ1) is 9.38. The molecule has 3 N–H and O–H groups in total. The van der Waals surface area contributed by atoms with E-state index in [4.69, 9.17) is 5.11 Å². The number of aliphatic carboxylic acids is 1. The van der Waals surface area contributed by atoms with Crippen LogP contribution in [-0.4, -0.2) is 45.8 Å². The minimum atomic E-state index is -1.19. The van der Waals surface area contributed by atoms with Crippen molar-refractivity contribution >= 4 is 17.7 Å². The maximum atomic E-state index is 13.6. The molecule has 1 aliphatic rings. The van der Waals surface area contributed by atoms with Crippen LogP contribution in [0.3, 0.4) is 0 Å². The van der Waals surface area contributed by atoms with Crippen LogP contribution in [-0.2, 0) is 4.79 Å². The summed E-state index contributed by atoms with van der Waals surface area (Å²) < 4.78 is 13.6. The first kappa shape index (κ1) is 14.3. The maximum absolute atomic E-state index is 13.6. The molecule has 1 heterocycles. The first-order valence-corrected chi connectivity index (χ1v) is 6.13. The number of carbonyl (C=O) groups is 2. The Morgan fingerprint density at radius 2 is 2.15 bits per heavy atom. The van der Waals surface area contributed by atoms with E-state index in [0.717, 1.165) is 10.5 Å². The van der Waals surface area contributed by atoms with Crippen LogP contribution >= 0.6 is 0 Å². The molecular weight excluding hydrogens is 267 g/mol. The van der Waals surface area contributed by atoms with Gasteiger partial charge in [-0.1, -0.05) is 6.07 Å². The predicted octanol–water partition coefficient (Wildman–Crippen LogP) is 1.19. The number of nitrogens with zero attached hydrogens (tertiary/aromatic N) is 1. The fourth-order valence-corrected chi connectivity index (χ4v) is 2.19. The summed E-state index contributed by atoms with van der Waals surface area (Å²) in [6.07, 6.45) is -0.914. The summed E-state index contributed by atoms with van der Waals surface area (Å²) in [6.45, 7) is 1.66. The second kappa shape index (κ2) is 5.46. The van der Waals surface area contributed by atoms with Crippen molar-refractivity contribution < 1.29 is 24.2 Å². The Hall–Kier alpha value is -2.15. The monoisotopic (exact) mass is 282 g/mol. The number of likely N-dealkylation sites (tertiary alicyclic amines) is 1. The van der Waals surface area contributed by atoms with Gasteiger partial charge in [-0.3, -0.25) is 0 Å². The molecule has 108 valence electrons. The second-order valence-electron chi connectivity index (χ2n) is 4.81. The van der Waals surface area contributed by atoms with Gasteiger partial charge >= 0.3 is 12.0 Å². The van der Waals surface area contributed by atoms with Crippen molar-refractivity contribution in [1.82, 2.24) is 4.90 Å². The highest BCUT2D eigenvalue weighted by Crippen LogP contribution is 2.21. The van der Waals surface area contributed by atoms with Crippen molar-refractivity contribution in [3.63, 3.8) is 0 Å². The zero-order chi connectivity index (χ0) is 14.9. The number of carbonyl (C=O) groups excluding carboxylic acids is 1. The van der Waals surface area contributed by atoms with Crippen LogP contribution in [0.4, 0.5) is 14.9 Å². The van der Waals surface area contributed by atoms with E-state index < -0.39 is 30.0 Å². The number of carboxylic acids is 1. The number of aliphatic hydroxyl groups excluding tert-OH is 1. The SMILES string of the molecule is Cc1ccc(F)c(NC(=O)N2C[C@H](O)C[C@H]2C(=O)O)c1. The van der Waals surface area contributed by atoms with Gasteiger partial charge in [0.25, 0.3) is 0 Å². The highest BCUT2D eigenvalue weighted by Gasteiger charge is 2.39. The number of hydrogen-bond acceptors (Lipinski definition) is 3. The van der Waals surface area contributed by atoms with Crippen LogP contribution in [0, 0.1) is 12.7 Å². The van der Waals surface area contributed by atoms with E-state index in [1.165, 1.54) is 12.1 Å². The molecule has 0 saturated carbocycles. The van der Waals surface area contributed by atoms with Crippen LogP contribution in [0.25, 0.3) is 0 Å². The van der Waals surface area contributed by atoms with E-state index in [0.29, 0.717) is 0 Å². The lowest BCUT2D eigenvalue weighted by Gasteiger charge is -2.21. The van der Waals surface area contributed by atoms with Crippen LogP contribution in [0.15, 0.2) is 18.2 Å². The minimum Gasteiger partial charge on any atom is -0.480 e. The Morgan fingerprint density at radius 3 is 2.80 bits per heavy atom. The fraction of sp³-hybridized carbons (Fsp3) is 0.385. The number of aliphatic hydroxyl groups is 1. The number of aryl methyl sites for hydroxylation is 1. The molecule has 1 fully saturated rings. The van der Waals surface area contributed by atoms with Crippen molar-refractivity contribution in [3.05, 3.63) is 29.6 Å². The van der Waals surface area contributed by atoms with Gasteiger partial charge in [0.2, 0.25) is 0 Å². The van der Waals surface area contributed by atoms with Gasteiger partial charge in [0, 0.05) is 13.0 Å². The number of nitrogens with one attached hydrogen (secondary N) is 1. The van der Waals surface area contributed by atoms with Crippen molar-refractivity contribution in [1.29, 1.82) is 0 Å². The molecule has 0 radical (unpaired) electrons. The molecule has 1 aromatic rings. The van der Waals surface area contributed by atoms with Gasteiger partial charge < -0.3 is 20.4 Å². The normalized spacial score (nSPS) is 21.9. The molecule has 6 nitrogen and oxygen atoms in total. The largest absolute Gasteiger partial charge is 0.480 e. The Balaban J connectivity index is 2.15. The number of hydrogen-bond donors (Lipinski definition) is 3. The Morgan fingerprint density at radius 1 is 1.45 bits per heavy atom. The third kappa shape index (κ3) is 2.88. The van der Waals surface area contributed by atoms with Crippen molar-refractivity contribution in [2.24, 2.45) is 0 Å². The number of carboxylic acid groups (broad SMARTS) is 1. The van der Waals surface area contributed by atoms with Gasteiger partial charge in [-0.05, 0) is 24.6 Å². The summed E-state index contributed by atoms with van der Waals surface area (Å²) >= 11 is 0. The van der Waals surface area contributed by atoms with Crippen molar-refractivity contribution in [2.45, 2.75) is 25.5 Å². The topological polar surface area (TPSA) is 89.9 Å². The first-order valence-electron chi connectivity index (χ1n) is 6.13. The molecule has 0 aliphatic carbocycles. The molecule has 1 aliphatic heterocycles. The zero-order valence-corrected chi connectivity index (χ0v) is 10.8. The van der Waals surface area contributed by atoms with Gasteiger partial charge in [0.15, 0.2) is 0 Å². The third-order valence-electron chi connectivity index (χ3n) is 3.19. The molecule has 2 amide bonds. The second-order valence-corrected chi connectivity index (χ2v) is 4.81. The minimum absolute atomic E-state index is 0.0134. The smallest absolute Gasteiger partial charge is 0.326 e. The third-order valence-corrected chi connectivity index (χ3v) is 3.19. The van der Waals surface area contributed by atoms with E-state index in [1.54, 1.807) is 13.0 Å². The highest BCUT2D eigenvalue weighted by atomic mass is 19.1. The summed E-state index contributed by atoms with van der Waals surface area (Å²) in [6, 6.07) is 2.40. The van der Waals surface area contributed by atoms with Crippen LogP contribution in [0.2, 0.25) is 0 Å². The standard InChI is InChI=1S/C13H15FN2O4/c1-7-2-3-9(14)10(4-7)15-13(20)16-6-8(17)5-11(16)12(18)19/h2-4,8,11,17H,5-6H2,1H3,(H,15,20)(H,18,19)/t8-,11+/m1/s1. The number of rotatable bonds is 2. The number of amides is 2. The number of anilines is 1. The number of halogens is 1. The van der Waals surface area contributed by atoms with Gasteiger partial charge in [-0.15, -0.1) is 0 Å². The summed E-state index contributed by atoms with van der Waals surface area (Å²) in [5.74, 6) is -1.79. The van der Waals surface area contributed by atoms with Gasteiger partial charge in [-0.2, -0.15) is 0 Å². The summed E-state index contributed by atoms with van der Waals surface area (Å²) in [4.78, 5) is 24.0. The Kier molecular flexibility index (Phi) is 3.89. The zero-order valence-electron chi connectivity index (χ0n) is 10.8. The quantitative estimate of drug-likeness (QED) is 0.760. The van der Waals surface area contributed by atoms with E-state index in [-0.39, 0.29) is 18.7 Å². The average molecular weight is 282 g/mol. The Bertz CT molecular complexity index is 549. The van der Waals surface area contributed by atoms with Gasteiger partial charge in [0.1, 0.15) is 11.9 Å². The molecule has 0 spiro atoms. The molecule has 1 aromatic carbocycles. The predicted molar refractivity (Wildman–Crippen MR) is 68.9 cm³/mol. The molecule has 0 bridgehead atoms. The van der Waals surface area contributed by atoms with Crippen molar-refractivity contribution in [2.75, 3.05) is 11.9 Å². The van der Waals surface area contributed by atoms with Gasteiger partial charge in [-0.25, -0.2) is 14.0 Å². The lowest BCUT2D eigenvalue weighted by molar-refractivity contribution is -0.141. The van der Waals surface area contributed by atoms with Crippen LogP contribution in [0.1, 0.15) is 12.0 Å². The van der Waals surface area contributed by atoms with Crippen LogP contribution in [0.5, 0.6) is 0 Å². The fourth-order valence-electron chi connectivity index (χ4n) is 2.19. The number of urea groups is 1. The molecule has 7 heteroatoms. The maximum Gasteiger partial charge on any atom is 0.326 e. The van der Waals surface area contributed by atoms with Crippen molar-refractivity contribution in [3.8, 4) is 0 Å². The average Bonchev–Trinajstić information content (AvgIpc) is 2.76. The number of β-amino-alcohol motifs (C(OH)–C–C–N with tert-alkyl or cyclic N) is 1. The molecular formula is C13H15FN2O4. The van der Waals surface area contributed by atoms with E-state index >= 15 is 0 Å². The molecule has 2 rings (SSSR count). The molecule has 20 heavy (non-hydrogen) atoms. The van der Waals surface area contributed by atoms with Crippen LogP contribution < -0.4 is 5.32 Å². The molecule has 0 unspecified atom stereocenters. The lowest BCUT2D eigenvalue weighted by atomic mass is 10.2. The molecule has 2 atom stereocenters. The number of benzene rings is 1. The van der Waals surface area contributed by atoms with E-state index in [2.05, 4.69) is 5.32 Å².